The fourth-order valence-corrected chi connectivity index (χ4v) is 2.21. The number of aromatic nitrogens is 4. The Morgan fingerprint density at radius 1 is 1.19 bits per heavy atom. The predicted molar refractivity (Wildman–Crippen MR) is 94.4 cm³/mol. The van der Waals surface area contributed by atoms with E-state index in [1.165, 1.54) is 32.7 Å². The number of oxime groups is 2. The van der Waals surface area contributed by atoms with Crippen molar-refractivity contribution in [2.75, 3.05) is 7.11 Å². The number of hydrogen-bond acceptors (Lipinski definition) is 8. The smallest absolute Gasteiger partial charge is 0.368 e. The van der Waals surface area contributed by atoms with E-state index in [0.717, 1.165) is 10.2 Å². The Morgan fingerprint density at radius 2 is 1.88 bits per heavy atom. The van der Waals surface area contributed by atoms with Crippen molar-refractivity contribution in [1.82, 2.24) is 19.8 Å². The third-order valence-corrected chi connectivity index (χ3v) is 3.63. The van der Waals surface area contributed by atoms with Crippen molar-refractivity contribution in [3.05, 3.63) is 39.8 Å². The number of hydrogen-bond donors (Lipinski definition) is 0. The molecule has 0 aliphatic carbocycles. The zero-order valence-electron chi connectivity index (χ0n) is 15.3. The van der Waals surface area contributed by atoms with Crippen LogP contribution in [0.2, 0.25) is 0 Å². The van der Waals surface area contributed by atoms with Crippen LogP contribution in [0, 0.1) is 6.92 Å². The van der Waals surface area contributed by atoms with Crippen molar-refractivity contribution in [1.29, 1.82) is 0 Å². The highest BCUT2D eigenvalue weighted by atomic mass is 16.6. The second-order valence-electron chi connectivity index (χ2n) is 5.51. The van der Waals surface area contributed by atoms with E-state index in [1.807, 2.05) is 13.0 Å². The van der Waals surface area contributed by atoms with Gasteiger partial charge in [0.1, 0.15) is 25.1 Å². The number of tetrazole rings is 1. The molecule has 0 aliphatic heterocycles. The average Bonchev–Trinajstić information content (AvgIpc) is 2.94. The maximum absolute atomic E-state index is 12.1. The van der Waals surface area contributed by atoms with Gasteiger partial charge in [-0.15, -0.1) is 0 Å². The van der Waals surface area contributed by atoms with E-state index in [2.05, 4.69) is 25.6 Å². The second-order valence-corrected chi connectivity index (χ2v) is 5.51. The lowest BCUT2D eigenvalue weighted by atomic mass is 10.1. The Labute approximate surface area is 149 Å². The van der Waals surface area contributed by atoms with Crippen LogP contribution in [0.5, 0.6) is 0 Å². The molecule has 1 aromatic carbocycles. The van der Waals surface area contributed by atoms with Gasteiger partial charge < -0.3 is 9.68 Å². The number of carbonyl (C=O) groups is 1. The van der Waals surface area contributed by atoms with Gasteiger partial charge in [0.2, 0.25) is 5.78 Å². The van der Waals surface area contributed by atoms with Gasteiger partial charge in [-0.25, -0.2) is 4.79 Å². The monoisotopic (exact) mass is 360 g/mol. The topological polar surface area (TPSA) is 113 Å². The molecule has 0 spiro atoms. The van der Waals surface area contributed by atoms with Crippen LogP contribution < -0.4 is 5.69 Å². The molecule has 0 atom stereocenters. The average molecular weight is 360 g/mol. The number of aryl methyl sites for hydroxylation is 2. The van der Waals surface area contributed by atoms with Crippen LogP contribution in [0.4, 0.5) is 0 Å². The minimum Gasteiger partial charge on any atom is -0.399 e. The molecule has 0 amide bonds. The van der Waals surface area contributed by atoms with E-state index in [4.69, 9.17) is 4.84 Å². The molecule has 0 aliphatic rings. The molecule has 0 unspecified atom stereocenters. The molecule has 10 nitrogen and oxygen atoms in total. The molecular formula is C16H20N6O4. The second kappa shape index (κ2) is 8.19. The Balaban J connectivity index is 2.24. The van der Waals surface area contributed by atoms with Crippen LogP contribution in [0.15, 0.2) is 33.3 Å². The van der Waals surface area contributed by atoms with Gasteiger partial charge in [0, 0.05) is 12.6 Å². The molecule has 2 rings (SSSR count). The molecule has 0 saturated heterocycles. The van der Waals surface area contributed by atoms with Crippen LogP contribution in [-0.2, 0) is 28.1 Å². The normalized spacial score (nSPS) is 12.2. The molecule has 26 heavy (non-hydrogen) atoms. The minimum atomic E-state index is -0.387. The zero-order chi connectivity index (χ0) is 19.3. The van der Waals surface area contributed by atoms with Gasteiger partial charge in [-0.1, -0.05) is 22.4 Å². The Morgan fingerprint density at radius 3 is 2.50 bits per heavy atom. The molecular weight excluding hydrogens is 340 g/mol. The molecule has 10 heteroatoms. The molecule has 0 saturated carbocycles. The first-order chi connectivity index (χ1) is 12.4. The van der Waals surface area contributed by atoms with Crippen molar-refractivity contribution >= 4 is 17.2 Å². The van der Waals surface area contributed by atoms with Gasteiger partial charge in [0.15, 0.2) is 0 Å². The van der Waals surface area contributed by atoms with Gasteiger partial charge in [-0.05, 0) is 42.8 Å². The summed E-state index contributed by atoms with van der Waals surface area (Å²) in [6, 6.07) is 5.41. The molecule has 0 bridgehead atoms. The fraction of sp³-hybridized carbons (Fsp3) is 0.375. The van der Waals surface area contributed by atoms with Crippen molar-refractivity contribution in [2.24, 2.45) is 17.4 Å². The third kappa shape index (κ3) is 4.02. The lowest BCUT2D eigenvalue weighted by molar-refractivity contribution is -0.107. The Bertz CT molecular complexity index is 925. The lowest BCUT2D eigenvalue weighted by Crippen LogP contribution is -2.23. The van der Waals surface area contributed by atoms with Crippen molar-refractivity contribution < 1.29 is 14.5 Å². The van der Waals surface area contributed by atoms with Gasteiger partial charge in [-0.3, -0.25) is 4.79 Å². The van der Waals surface area contributed by atoms with Crippen molar-refractivity contribution in [3.8, 4) is 5.69 Å². The Kier molecular flexibility index (Phi) is 5.99. The van der Waals surface area contributed by atoms with Gasteiger partial charge in [0.25, 0.3) is 0 Å². The van der Waals surface area contributed by atoms with E-state index >= 15 is 0 Å². The summed E-state index contributed by atoms with van der Waals surface area (Å²) >= 11 is 0. The summed E-state index contributed by atoms with van der Waals surface area (Å²) in [5.41, 5.74) is 2.06. The van der Waals surface area contributed by atoms with E-state index in [0.29, 0.717) is 11.3 Å². The largest absolute Gasteiger partial charge is 0.399 e. The number of Topliss-reactive ketones (excluding diaryl/α,β-unsaturated/α-hetero) is 1. The Hall–Kier alpha value is -3.30. The van der Waals surface area contributed by atoms with Gasteiger partial charge in [0.05, 0.1) is 5.69 Å². The van der Waals surface area contributed by atoms with Crippen molar-refractivity contribution in [2.45, 2.75) is 27.4 Å². The first-order valence-electron chi connectivity index (χ1n) is 7.73. The van der Waals surface area contributed by atoms with Crippen LogP contribution in [-0.4, -0.2) is 44.1 Å². The minimum absolute atomic E-state index is 0.0517. The summed E-state index contributed by atoms with van der Waals surface area (Å²) in [6.07, 6.45) is 0. The summed E-state index contributed by atoms with van der Waals surface area (Å²) in [4.78, 5) is 34.0. The summed E-state index contributed by atoms with van der Waals surface area (Å²) in [5, 5.41) is 15.0. The maximum Gasteiger partial charge on any atom is 0.368 e. The van der Waals surface area contributed by atoms with Crippen LogP contribution in [0.25, 0.3) is 5.69 Å². The first-order valence-corrected chi connectivity index (χ1v) is 7.73. The molecule has 1 heterocycles. The molecule has 2 aromatic rings. The SMILES string of the molecule is CON=C(C)C(=O)C(C)=NOCc1c(C)cccc1-n1nnn(C)c1=O. The van der Waals surface area contributed by atoms with Gasteiger partial charge >= 0.3 is 5.69 Å². The van der Waals surface area contributed by atoms with Gasteiger partial charge in [-0.2, -0.15) is 9.36 Å². The van der Waals surface area contributed by atoms with Crippen molar-refractivity contribution in [3.63, 3.8) is 0 Å². The highest BCUT2D eigenvalue weighted by Gasteiger charge is 2.15. The summed E-state index contributed by atoms with van der Waals surface area (Å²) in [6.45, 7) is 4.96. The molecule has 0 radical (unpaired) electrons. The number of rotatable bonds is 7. The number of benzene rings is 1. The van der Waals surface area contributed by atoms with E-state index in [-0.39, 0.29) is 29.5 Å². The maximum atomic E-state index is 12.1. The highest BCUT2D eigenvalue weighted by molar-refractivity contribution is 6.65. The summed E-state index contributed by atoms with van der Waals surface area (Å²) in [5.74, 6) is -0.387. The standard InChI is InChI=1S/C16H20N6O4/c1-10-7-6-8-14(22-16(24)21(4)19-20-22)13(10)9-26-18-12(3)15(23)11(2)17-25-5/h6-8H,9H2,1-5H3. The van der Waals surface area contributed by atoms with Crippen LogP contribution >= 0.6 is 0 Å². The summed E-state index contributed by atoms with van der Waals surface area (Å²) in [7, 11) is 2.87. The van der Waals surface area contributed by atoms with E-state index in [1.54, 1.807) is 12.1 Å². The third-order valence-electron chi connectivity index (χ3n) is 3.63. The highest BCUT2D eigenvalue weighted by Crippen LogP contribution is 2.18. The van der Waals surface area contributed by atoms with Crippen LogP contribution in [0.1, 0.15) is 25.0 Å². The molecule has 1 aromatic heterocycles. The molecule has 0 fully saturated rings. The zero-order valence-corrected chi connectivity index (χ0v) is 15.3. The fourth-order valence-electron chi connectivity index (χ4n) is 2.21. The summed E-state index contributed by atoms with van der Waals surface area (Å²) < 4.78 is 2.31. The molecule has 0 N–H and O–H groups in total. The van der Waals surface area contributed by atoms with E-state index in [9.17, 15) is 9.59 Å². The lowest BCUT2D eigenvalue weighted by Gasteiger charge is -2.10. The quantitative estimate of drug-likeness (QED) is 0.532. The molecule has 138 valence electrons. The number of ketones is 1. The first kappa shape index (κ1) is 19.0. The van der Waals surface area contributed by atoms with E-state index < -0.39 is 0 Å². The number of carbonyl (C=O) groups excluding carboxylic acids is 1. The number of nitrogens with zero attached hydrogens (tertiary/aromatic N) is 6. The predicted octanol–water partition coefficient (Wildman–Crippen LogP) is 0.758. The van der Waals surface area contributed by atoms with Crippen LogP contribution in [0.3, 0.4) is 0 Å².